The van der Waals surface area contributed by atoms with Gasteiger partial charge in [-0.1, -0.05) is 54.1 Å². The summed E-state index contributed by atoms with van der Waals surface area (Å²) in [5.74, 6) is -0.289. The molecule has 2 aromatic carbocycles. The van der Waals surface area contributed by atoms with Gasteiger partial charge in [-0.25, -0.2) is 0 Å². The lowest BCUT2D eigenvalue weighted by Crippen LogP contribution is -2.37. The summed E-state index contributed by atoms with van der Waals surface area (Å²) in [6.07, 6.45) is 0.533. The number of anilines is 1. The largest absolute Gasteiger partial charge is 0.387 e. The van der Waals surface area contributed by atoms with Crippen molar-refractivity contribution in [3.05, 3.63) is 78.4 Å². The number of amides is 1. The zero-order valence-corrected chi connectivity index (χ0v) is 12.9. The molecule has 22 heavy (non-hydrogen) atoms. The Kier molecular flexibility index (Phi) is 4.78. The van der Waals surface area contributed by atoms with Crippen LogP contribution in [0.15, 0.2) is 67.3 Å². The summed E-state index contributed by atoms with van der Waals surface area (Å²) in [6.45, 7) is 7.40. The highest BCUT2D eigenvalue weighted by Crippen LogP contribution is 2.36. The lowest BCUT2D eigenvalue weighted by Gasteiger charge is -2.30. The fourth-order valence-corrected chi connectivity index (χ4v) is 2.21. The molecule has 2 atom stereocenters. The first-order valence-electron chi connectivity index (χ1n) is 7.22. The number of nitrogens with one attached hydrogen (secondary N) is 1. The minimum Gasteiger partial charge on any atom is -0.387 e. The number of aliphatic hydroxyl groups is 1. The van der Waals surface area contributed by atoms with Gasteiger partial charge < -0.3 is 10.4 Å². The van der Waals surface area contributed by atoms with Gasteiger partial charge in [0.2, 0.25) is 5.91 Å². The lowest BCUT2D eigenvalue weighted by molar-refractivity contribution is -0.127. The summed E-state index contributed by atoms with van der Waals surface area (Å²) in [6, 6.07) is 16.7. The van der Waals surface area contributed by atoms with Gasteiger partial charge in [0, 0.05) is 5.69 Å². The van der Waals surface area contributed by atoms with Gasteiger partial charge in [-0.2, -0.15) is 0 Å². The Morgan fingerprint density at radius 2 is 1.77 bits per heavy atom. The van der Waals surface area contributed by atoms with Crippen LogP contribution in [0.2, 0.25) is 0 Å². The molecular weight excluding hydrogens is 274 g/mol. The second kappa shape index (κ2) is 6.58. The number of hydrogen-bond acceptors (Lipinski definition) is 2. The van der Waals surface area contributed by atoms with Crippen LogP contribution in [-0.2, 0) is 4.79 Å². The van der Waals surface area contributed by atoms with Crippen molar-refractivity contribution in [3.63, 3.8) is 0 Å². The van der Waals surface area contributed by atoms with E-state index < -0.39 is 11.5 Å². The van der Waals surface area contributed by atoms with Crippen LogP contribution in [0.3, 0.4) is 0 Å². The molecule has 2 aromatic rings. The molecule has 0 unspecified atom stereocenters. The normalized spacial score (nSPS) is 14.7. The average Bonchev–Trinajstić information content (AvgIpc) is 2.56. The monoisotopic (exact) mass is 295 g/mol. The van der Waals surface area contributed by atoms with E-state index in [0.29, 0.717) is 11.3 Å². The van der Waals surface area contributed by atoms with Crippen molar-refractivity contribution in [2.75, 3.05) is 5.32 Å². The number of carbonyl (C=O) groups excluding carboxylic acids is 1. The van der Waals surface area contributed by atoms with E-state index in [2.05, 4.69) is 11.9 Å². The predicted octanol–water partition coefficient (Wildman–Crippen LogP) is 3.86. The molecule has 0 aromatic heterocycles. The zero-order valence-electron chi connectivity index (χ0n) is 12.9. The van der Waals surface area contributed by atoms with Gasteiger partial charge in [0.25, 0.3) is 0 Å². The Morgan fingerprint density at radius 1 is 1.18 bits per heavy atom. The predicted molar refractivity (Wildman–Crippen MR) is 89.5 cm³/mol. The van der Waals surface area contributed by atoms with Gasteiger partial charge in [-0.3, -0.25) is 4.79 Å². The summed E-state index contributed by atoms with van der Waals surface area (Å²) >= 11 is 0. The van der Waals surface area contributed by atoms with Crippen LogP contribution in [-0.4, -0.2) is 11.0 Å². The van der Waals surface area contributed by atoms with Crippen molar-refractivity contribution in [2.45, 2.75) is 20.0 Å². The van der Waals surface area contributed by atoms with Gasteiger partial charge >= 0.3 is 0 Å². The Labute approximate surface area is 131 Å². The van der Waals surface area contributed by atoms with Crippen molar-refractivity contribution >= 4 is 11.6 Å². The number of carbonyl (C=O) groups is 1. The zero-order chi connectivity index (χ0) is 16.2. The number of aryl methyl sites for hydroxylation is 1. The molecular formula is C19H21NO2. The molecule has 0 aliphatic carbocycles. The van der Waals surface area contributed by atoms with E-state index in [1.807, 2.05) is 49.4 Å². The highest BCUT2D eigenvalue weighted by molar-refractivity contribution is 5.97. The first-order valence-corrected chi connectivity index (χ1v) is 7.22. The Morgan fingerprint density at radius 3 is 2.32 bits per heavy atom. The van der Waals surface area contributed by atoms with Gasteiger partial charge in [0.15, 0.2) is 0 Å². The second-order valence-electron chi connectivity index (χ2n) is 5.62. The van der Waals surface area contributed by atoms with Crippen LogP contribution < -0.4 is 5.32 Å². The molecule has 2 N–H and O–H groups in total. The number of aliphatic hydroxyl groups excluding tert-OH is 1. The molecule has 0 aliphatic rings. The molecule has 0 saturated carbocycles. The van der Waals surface area contributed by atoms with Crippen LogP contribution in [0.4, 0.5) is 5.69 Å². The molecule has 0 spiro atoms. The quantitative estimate of drug-likeness (QED) is 0.823. The molecule has 2 rings (SSSR count). The van der Waals surface area contributed by atoms with E-state index in [-0.39, 0.29) is 5.91 Å². The van der Waals surface area contributed by atoms with E-state index in [4.69, 9.17) is 0 Å². The summed E-state index contributed by atoms with van der Waals surface area (Å²) in [5, 5.41) is 13.4. The van der Waals surface area contributed by atoms with Crippen molar-refractivity contribution in [1.82, 2.24) is 0 Å². The first-order chi connectivity index (χ1) is 10.5. The molecule has 0 bridgehead atoms. The molecule has 0 heterocycles. The van der Waals surface area contributed by atoms with Gasteiger partial charge in [0.1, 0.15) is 0 Å². The smallest absolute Gasteiger partial charge is 0.237 e. The second-order valence-corrected chi connectivity index (χ2v) is 5.62. The fourth-order valence-electron chi connectivity index (χ4n) is 2.21. The summed E-state index contributed by atoms with van der Waals surface area (Å²) in [4.78, 5) is 12.6. The maximum Gasteiger partial charge on any atom is 0.237 e. The van der Waals surface area contributed by atoms with E-state index in [1.54, 1.807) is 19.1 Å². The van der Waals surface area contributed by atoms with Crippen LogP contribution >= 0.6 is 0 Å². The molecule has 0 radical (unpaired) electrons. The molecule has 0 aliphatic heterocycles. The van der Waals surface area contributed by atoms with Gasteiger partial charge in [0.05, 0.1) is 11.5 Å². The highest BCUT2D eigenvalue weighted by atomic mass is 16.3. The summed E-state index contributed by atoms with van der Waals surface area (Å²) < 4.78 is 0. The molecule has 0 saturated heterocycles. The Balaban J connectivity index is 2.23. The SMILES string of the molecule is C=C[C@@](C)(C(=O)Nc1ccc(C)cc1)[C@@H](O)c1ccccc1. The van der Waals surface area contributed by atoms with Crippen LogP contribution in [0.5, 0.6) is 0 Å². The minimum atomic E-state index is -1.12. The highest BCUT2D eigenvalue weighted by Gasteiger charge is 2.38. The van der Waals surface area contributed by atoms with E-state index in [1.165, 1.54) is 6.08 Å². The maximum atomic E-state index is 12.6. The van der Waals surface area contributed by atoms with E-state index in [9.17, 15) is 9.90 Å². The summed E-state index contributed by atoms with van der Waals surface area (Å²) in [5.41, 5.74) is 1.38. The van der Waals surface area contributed by atoms with Crippen molar-refractivity contribution in [2.24, 2.45) is 5.41 Å². The van der Waals surface area contributed by atoms with Crippen LogP contribution in [0.25, 0.3) is 0 Å². The molecule has 3 heteroatoms. The first kappa shape index (κ1) is 16.0. The third kappa shape index (κ3) is 3.26. The minimum absolute atomic E-state index is 0.289. The standard InChI is InChI=1S/C19H21NO2/c1-4-19(3,17(21)15-8-6-5-7-9-15)18(22)20-16-12-10-14(2)11-13-16/h4-13,17,21H,1H2,2-3H3,(H,20,22)/t17-,19+/m0/s1. The van der Waals surface area contributed by atoms with E-state index in [0.717, 1.165) is 5.56 Å². The molecule has 1 amide bonds. The van der Waals surface area contributed by atoms with Crippen LogP contribution in [0, 0.1) is 12.3 Å². The summed E-state index contributed by atoms with van der Waals surface area (Å²) in [7, 11) is 0. The number of rotatable bonds is 5. The maximum absolute atomic E-state index is 12.6. The van der Waals surface area contributed by atoms with Crippen LogP contribution in [0.1, 0.15) is 24.2 Å². The van der Waals surface area contributed by atoms with Gasteiger partial charge in [-0.15, -0.1) is 6.58 Å². The molecule has 0 fully saturated rings. The Bertz CT molecular complexity index is 649. The number of hydrogen-bond donors (Lipinski definition) is 2. The third-order valence-electron chi connectivity index (χ3n) is 3.91. The lowest BCUT2D eigenvalue weighted by atomic mass is 9.80. The van der Waals surface area contributed by atoms with Crippen molar-refractivity contribution in [1.29, 1.82) is 0 Å². The van der Waals surface area contributed by atoms with E-state index >= 15 is 0 Å². The third-order valence-corrected chi connectivity index (χ3v) is 3.91. The van der Waals surface area contributed by atoms with Gasteiger partial charge in [-0.05, 0) is 31.5 Å². The Hall–Kier alpha value is -2.39. The van der Waals surface area contributed by atoms with Crippen molar-refractivity contribution in [3.8, 4) is 0 Å². The average molecular weight is 295 g/mol. The molecule has 3 nitrogen and oxygen atoms in total. The topological polar surface area (TPSA) is 49.3 Å². The number of benzene rings is 2. The molecule has 114 valence electrons. The fraction of sp³-hybridized carbons (Fsp3) is 0.211. The van der Waals surface area contributed by atoms with Crippen molar-refractivity contribution < 1.29 is 9.90 Å².